The summed E-state index contributed by atoms with van der Waals surface area (Å²) < 4.78 is 11.5. The largest absolute Gasteiger partial charge is 0.444 e. The Kier molecular flexibility index (Phi) is 17.0. The van der Waals surface area contributed by atoms with E-state index in [0.29, 0.717) is 43.6 Å². The summed E-state index contributed by atoms with van der Waals surface area (Å²) in [5.74, 6) is -0.0542. The maximum Gasteiger partial charge on any atom is 0.408 e. The molecule has 2 aromatic carbocycles. The average molecular weight is 746 g/mol. The zero-order valence-electron chi connectivity index (χ0n) is 32.9. The summed E-state index contributed by atoms with van der Waals surface area (Å²) in [6.45, 7) is 10.7. The molecular formula is C43H63N5O6. The van der Waals surface area contributed by atoms with E-state index >= 15 is 0 Å². The SMILES string of the molecule is CC(C)[C@@H](CCOCc1ccccc1)C[C@H](O)[C@H](CC1CCCCC1)NC(=O)C(Cc1cnc[nH]1)NC(=O)[C@H](Cc1ccccc1)NC(=O)OC(C)(C)C. The number of rotatable bonds is 20. The van der Waals surface area contributed by atoms with Gasteiger partial charge in [0, 0.05) is 31.3 Å². The molecule has 1 aliphatic carbocycles. The number of ether oxygens (including phenoxy) is 2. The molecule has 5 N–H and O–H groups in total. The molecule has 3 amide bonds. The summed E-state index contributed by atoms with van der Waals surface area (Å²) in [6.07, 6.45) is 9.53. The molecule has 1 unspecified atom stereocenters. The Bertz CT molecular complexity index is 1520. The van der Waals surface area contributed by atoms with Crippen LogP contribution in [0.2, 0.25) is 0 Å². The maximum absolute atomic E-state index is 14.3. The number of imidazole rings is 1. The number of nitrogens with zero attached hydrogens (tertiary/aromatic N) is 1. The number of hydrogen-bond acceptors (Lipinski definition) is 7. The molecule has 0 aliphatic heterocycles. The van der Waals surface area contributed by atoms with Crippen LogP contribution in [-0.4, -0.2) is 69.4 Å². The molecule has 54 heavy (non-hydrogen) atoms. The van der Waals surface area contributed by atoms with Gasteiger partial charge in [0.15, 0.2) is 0 Å². The lowest BCUT2D eigenvalue weighted by molar-refractivity contribution is -0.131. The van der Waals surface area contributed by atoms with Gasteiger partial charge in [0.05, 0.1) is 25.1 Å². The van der Waals surface area contributed by atoms with Crippen molar-refractivity contribution in [2.24, 2.45) is 17.8 Å². The van der Waals surface area contributed by atoms with Crippen LogP contribution in [0.5, 0.6) is 0 Å². The molecule has 1 aromatic heterocycles. The molecular weight excluding hydrogens is 683 g/mol. The molecule has 3 aromatic rings. The Morgan fingerprint density at radius 1 is 0.870 bits per heavy atom. The number of aliphatic hydroxyl groups excluding tert-OH is 1. The highest BCUT2D eigenvalue weighted by molar-refractivity contribution is 5.91. The lowest BCUT2D eigenvalue weighted by Crippen LogP contribution is -2.57. The molecule has 11 heteroatoms. The number of hydrogen-bond donors (Lipinski definition) is 5. The first kappa shape index (κ1) is 42.5. The van der Waals surface area contributed by atoms with Crippen molar-refractivity contribution in [3.63, 3.8) is 0 Å². The third-order valence-electron chi connectivity index (χ3n) is 10.2. The molecule has 11 nitrogen and oxygen atoms in total. The van der Waals surface area contributed by atoms with Gasteiger partial charge in [0.1, 0.15) is 17.7 Å². The van der Waals surface area contributed by atoms with Gasteiger partial charge in [-0.15, -0.1) is 0 Å². The average Bonchev–Trinajstić information content (AvgIpc) is 3.65. The fourth-order valence-electron chi connectivity index (χ4n) is 7.18. The highest BCUT2D eigenvalue weighted by Gasteiger charge is 2.33. The predicted octanol–water partition coefficient (Wildman–Crippen LogP) is 6.66. The van der Waals surface area contributed by atoms with Crippen molar-refractivity contribution in [1.29, 1.82) is 0 Å². The van der Waals surface area contributed by atoms with Crippen LogP contribution in [0.4, 0.5) is 4.79 Å². The first-order valence-corrected chi connectivity index (χ1v) is 19.8. The van der Waals surface area contributed by atoms with Gasteiger partial charge in [-0.25, -0.2) is 9.78 Å². The summed E-state index contributed by atoms with van der Waals surface area (Å²) in [7, 11) is 0. The van der Waals surface area contributed by atoms with Crippen LogP contribution in [0.25, 0.3) is 0 Å². The van der Waals surface area contributed by atoms with Gasteiger partial charge in [-0.1, -0.05) is 107 Å². The molecule has 0 saturated heterocycles. The number of aromatic nitrogens is 2. The molecule has 0 spiro atoms. The van der Waals surface area contributed by atoms with Gasteiger partial charge < -0.3 is 35.5 Å². The Morgan fingerprint density at radius 2 is 1.50 bits per heavy atom. The summed E-state index contributed by atoms with van der Waals surface area (Å²) in [5, 5.41) is 20.7. The first-order chi connectivity index (χ1) is 25.9. The fraction of sp³-hybridized carbons (Fsp3) is 0.581. The van der Waals surface area contributed by atoms with Crippen molar-refractivity contribution >= 4 is 17.9 Å². The van der Waals surface area contributed by atoms with E-state index in [9.17, 15) is 19.5 Å². The van der Waals surface area contributed by atoms with Crippen molar-refractivity contribution in [3.8, 4) is 0 Å². The van der Waals surface area contributed by atoms with Gasteiger partial charge in [0.2, 0.25) is 11.8 Å². The molecule has 296 valence electrons. The zero-order valence-corrected chi connectivity index (χ0v) is 32.9. The Labute approximate surface area is 321 Å². The third kappa shape index (κ3) is 15.3. The van der Waals surface area contributed by atoms with Crippen molar-refractivity contribution in [1.82, 2.24) is 25.9 Å². The predicted molar refractivity (Wildman–Crippen MR) is 210 cm³/mol. The first-order valence-electron chi connectivity index (χ1n) is 19.8. The normalized spacial score (nSPS) is 16.5. The highest BCUT2D eigenvalue weighted by atomic mass is 16.6. The number of carbonyl (C=O) groups is 3. The highest BCUT2D eigenvalue weighted by Crippen LogP contribution is 2.30. The van der Waals surface area contributed by atoms with Crippen molar-refractivity contribution in [2.75, 3.05) is 6.61 Å². The number of aliphatic hydroxyl groups is 1. The number of alkyl carbamates (subject to hydrolysis) is 1. The molecule has 5 atom stereocenters. The second-order valence-corrected chi connectivity index (χ2v) is 16.2. The third-order valence-corrected chi connectivity index (χ3v) is 10.2. The smallest absolute Gasteiger partial charge is 0.408 e. The number of carbonyl (C=O) groups excluding carboxylic acids is 3. The van der Waals surface area contributed by atoms with E-state index in [0.717, 1.165) is 43.2 Å². The number of benzene rings is 2. The van der Waals surface area contributed by atoms with Crippen LogP contribution in [-0.2, 0) is 38.5 Å². The van der Waals surface area contributed by atoms with E-state index < -0.39 is 47.7 Å². The van der Waals surface area contributed by atoms with Crippen molar-refractivity contribution < 1.29 is 29.0 Å². The van der Waals surface area contributed by atoms with E-state index in [1.54, 1.807) is 27.0 Å². The number of aromatic amines is 1. The summed E-state index contributed by atoms with van der Waals surface area (Å²) >= 11 is 0. The van der Waals surface area contributed by atoms with E-state index in [4.69, 9.17) is 9.47 Å². The minimum atomic E-state index is -1.01. The van der Waals surface area contributed by atoms with Gasteiger partial charge in [0.25, 0.3) is 0 Å². The lowest BCUT2D eigenvalue weighted by Gasteiger charge is -2.34. The lowest BCUT2D eigenvalue weighted by atomic mass is 9.80. The quantitative estimate of drug-likeness (QED) is 0.0811. The molecule has 1 saturated carbocycles. The molecule has 1 aliphatic rings. The summed E-state index contributed by atoms with van der Waals surface area (Å²) in [4.78, 5) is 48.4. The Hall–Kier alpha value is -4.22. The van der Waals surface area contributed by atoms with Crippen LogP contribution in [0, 0.1) is 17.8 Å². The second-order valence-electron chi connectivity index (χ2n) is 16.2. The number of H-pyrrole nitrogens is 1. The molecule has 0 bridgehead atoms. The van der Waals surface area contributed by atoms with Gasteiger partial charge >= 0.3 is 6.09 Å². The number of nitrogens with one attached hydrogen (secondary N) is 4. The van der Waals surface area contributed by atoms with Crippen LogP contribution in [0.15, 0.2) is 73.2 Å². The zero-order chi connectivity index (χ0) is 38.9. The van der Waals surface area contributed by atoms with Crippen molar-refractivity contribution in [3.05, 3.63) is 90.0 Å². The van der Waals surface area contributed by atoms with Gasteiger partial charge in [-0.2, -0.15) is 0 Å². The van der Waals surface area contributed by atoms with E-state index in [1.165, 1.54) is 12.7 Å². The minimum absolute atomic E-state index is 0.141. The van der Waals surface area contributed by atoms with E-state index in [-0.39, 0.29) is 18.8 Å². The molecule has 4 rings (SSSR count). The monoisotopic (exact) mass is 745 g/mol. The second kappa shape index (κ2) is 21.6. The molecule has 0 radical (unpaired) electrons. The van der Waals surface area contributed by atoms with E-state index in [2.05, 4.69) is 39.8 Å². The topological polar surface area (TPSA) is 155 Å². The minimum Gasteiger partial charge on any atom is -0.444 e. The van der Waals surface area contributed by atoms with Crippen LogP contribution < -0.4 is 16.0 Å². The van der Waals surface area contributed by atoms with Gasteiger partial charge in [-0.05, 0) is 68.9 Å². The summed E-state index contributed by atoms with van der Waals surface area (Å²) in [5.41, 5.74) is 1.86. The van der Waals surface area contributed by atoms with E-state index in [1.807, 2.05) is 60.7 Å². The van der Waals surface area contributed by atoms with Crippen LogP contribution >= 0.6 is 0 Å². The number of amides is 3. The summed E-state index contributed by atoms with van der Waals surface area (Å²) in [6, 6.07) is 16.9. The van der Waals surface area contributed by atoms with Crippen molar-refractivity contribution in [2.45, 2.75) is 135 Å². The Morgan fingerprint density at radius 3 is 2.11 bits per heavy atom. The van der Waals surface area contributed by atoms with Gasteiger partial charge in [-0.3, -0.25) is 9.59 Å². The Balaban J connectivity index is 1.50. The molecule has 1 fully saturated rings. The van der Waals surface area contributed by atoms with Crippen LogP contribution in [0.1, 0.15) is 103 Å². The standard InChI is InChI=1S/C43H63N5O6/c1-30(2)34(21-22-53-28-33-19-13-8-14-20-33)25-39(49)36(23-31-15-9-6-10-16-31)46-41(51)38(26-35-27-44-29-45-35)47-40(50)37(24-32-17-11-7-12-18-32)48-42(52)54-43(3,4)5/h7-8,11-14,17-20,27,29-31,34,36-39,49H,6,9-10,15-16,21-26,28H2,1-5H3,(H,44,45)(H,46,51)(H,47,50)(H,48,52)/t34-,36-,37-,38?,39-/m0/s1. The van der Waals surface area contributed by atoms with Crippen LogP contribution in [0.3, 0.4) is 0 Å². The molecule has 1 heterocycles. The fourth-order valence-corrected chi connectivity index (χ4v) is 7.18. The maximum atomic E-state index is 14.3.